The third-order valence-electron chi connectivity index (χ3n) is 2.46. The molecule has 0 atom stereocenters. The van der Waals surface area contributed by atoms with Crippen LogP contribution in [-0.2, 0) is 4.74 Å². The molecule has 0 spiro atoms. The number of nitrogens with one attached hydrogen (secondary N) is 1. The lowest BCUT2D eigenvalue weighted by atomic mass is 10.2. The van der Waals surface area contributed by atoms with Gasteiger partial charge in [0.25, 0.3) is 0 Å². The average molecular weight is 237 g/mol. The molecule has 17 heavy (non-hydrogen) atoms. The number of hydrogen-bond donors (Lipinski definition) is 1. The highest BCUT2D eigenvalue weighted by molar-refractivity contribution is 5.68. The van der Waals surface area contributed by atoms with Crippen molar-refractivity contribution in [2.75, 3.05) is 13.2 Å². The minimum Gasteiger partial charge on any atom is -0.442 e. The number of ether oxygens (including phenoxy) is 1. The Morgan fingerprint density at radius 2 is 2.24 bits per heavy atom. The van der Waals surface area contributed by atoms with Gasteiger partial charge >= 0.3 is 6.09 Å². The van der Waals surface area contributed by atoms with E-state index in [-0.39, 0.29) is 6.09 Å². The molecule has 5 nitrogen and oxygen atoms in total. The Labute approximate surface area is 102 Å². The predicted molar refractivity (Wildman–Crippen MR) is 64.6 cm³/mol. The first-order valence-corrected chi connectivity index (χ1v) is 5.83. The lowest BCUT2D eigenvalue weighted by molar-refractivity contribution is -0.0302. The van der Waals surface area contributed by atoms with Gasteiger partial charge in [-0.3, -0.25) is 10.3 Å². The summed E-state index contributed by atoms with van der Waals surface area (Å²) < 4.78 is 5.37. The SMILES string of the molecule is CC(C)(C)OC(=O)N1CNCC2=CCC=CN21. The summed E-state index contributed by atoms with van der Waals surface area (Å²) in [5, 5.41) is 6.60. The van der Waals surface area contributed by atoms with Crippen LogP contribution in [0.2, 0.25) is 0 Å². The standard InChI is InChI=1S/C12H19N3O2/c1-12(2,3)17-11(16)15-9-13-8-10-6-4-5-7-14(10)15/h5-7,13H,4,8-9H2,1-3H3. The van der Waals surface area contributed by atoms with Crippen LogP contribution in [0.4, 0.5) is 4.79 Å². The van der Waals surface area contributed by atoms with Crippen LogP contribution < -0.4 is 5.32 Å². The molecule has 1 saturated heterocycles. The van der Waals surface area contributed by atoms with Crippen LogP contribution >= 0.6 is 0 Å². The third kappa shape index (κ3) is 2.79. The average Bonchev–Trinajstić information content (AvgIpc) is 2.26. The van der Waals surface area contributed by atoms with Gasteiger partial charge in [-0.25, -0.2) is 9.80 Å². The van der Waals surface area contributed by atoms with E-state index in [1.807, 2.05) is 38.1 Å². The maximum Gasteiger partial charge on any atom is 0.430 e. The number of carbonyl (C=O) groups excluding carboxylic acids is 1. The number of carbonyl (C=O) groups is 1. The van der Waals surface area contributed by atoms with E-state index in [2.05, 4.69) is 11.4 Å². The number of allylic oxidation sites excluding steroid dienone is 2. The summed E-state index contributed by atoms with van der Waals surface area (Å²) in [6.45, 7) is 6.85. The number of amides is 1. The van der Waals surface area contributed by atoms with Crippen LogP contribution in [-0.4, -0.2) is 34.9 Å². The van der Waals surface area contributed by atoms with Crippen LogP contribution in [0.15, 0.2) is 24.0 Å². The van der Waals surface area contributed by atoms with Gasteiger partial charge in [-0.1, -0.05) is 12.2 Å². The molecule has 0 aromatic rings. The fraction of sp³-hybridized carbons (Fsp3) is 0.583. The Morgan fingerprint density at radius 1 is 1.47 bits per heavy atom. The molecule has 0 aliphatic carbocycles. The molecular weight excluding hydrogens is 218 g/mol. The predicted octanol–water partition coefficient (Wildman–Crippen LogP) is 1.80. The Hall–Kier alpha value is -1.49. The Morgan fingerprint density at radius 3 is 2.94 bits per heavy atom. The maximum atomic E-state index is 12.0. The molecule has 2 heterocycles. The fourth-order valence-electron chi connectivity index (χ4n) is 1.78. The Balaban J connectivity index is 2.09. The summed E-state index contributed by atoms with van der Waals surface area (Å²) in [5.41, 5.74) is 0.613. The number of nitrogens with zero attached hydrogens (tertiary/aromatic N) is 2. The van der Waals surface area contributed by atoms with Crippen molar-refractivity contribution in [1.82, 2.24) is 15.3 Å². The van der Waals surface area contributed by atoms with Crippen molar-refractivity contribution in [3.8, 4) is 0 Å². The molecule has 1 N–H and O–H groups in total. The van der Waals surface area contributed by atoms with Gasteiger partial charge in [0.1, 0.15) is 5.60 Å². The van der Waals surface area contributed by atoms with Crippen molar-refractivity contribution in [3.63, 3.8) is 0 Å². The molecule has 2 aliphatic heterocycles. The van der Waals surface area contributed by atoms with Crippen molar-refractivity contribution in [2.45, 2.75) is 32.8 Å². The maximum absolute atomic E-state index is 12.0. The smallest absolute Gasteiger partial charge is 0.430 e. The summed E-state index contributed by atoms with van der Waals surface area (Å²) in [4.78, 5) is 12.0. The molecule has 0 bridgehead atoms. The second-order valence-corrected chi connectivity index (χ2v) is 5.13. The monoisotopic (exact) mass is 237 g/mol. The highest BCUT2D eigenvalue weighted by Crippen LogP contribution is 2.20. The Bertz CT molecular complexity index is 368. The second-order valence-electron chi connectivity index (χ2n) is 5.13. The van der Waals surface area contributed by atoms with E-state index in [0.29, 0.717) is 6.67 Å². The summed E-state index contributed by atoms with van der Waals surface area (Å²) in [5.74, 6) is 0. The normalized spacial score (nSPS) is 19.8. The summed E-state index contributed by atoms with van der Waals surface area (Å²) >= 11 is 0. The first kappa shape index (κ1) is 12.0. The number of rotatable bonds is 0. The van der Waals surface area contributed by atoms with Crippen molar-refractivity contribution in [2.24, 2.45) is 0 Å². The molecule has 2 rings (SSSR count). The zero-order chi connectivity index (χ0) is 12.5. The highest BCUT2D eigenvalue weighted by atomic mass is 16.6. The second kappa shape index (κ2) is 4.41. The summed E-state index contributed by atoms with van der Waals surface area (Å²) in [6, 6.07) is 0. The number of hydrazine groups is 1. The van der Waals surface area contributed by atoms with Gasteiger partial charge in [-0.2, -0.15) is 0 Å². The highest BCUT2D eigenvalue weighted by Gasteiger charge is 2.30. The minimum atomic E-state index is -0.474. The minimum absolute atomic E-state index is 0.331. The van der Waals surface area contributed by atoms with Gasteiger partial charge in [-0.05, 0) is 27.2 Å². The van der Waals surface area contributed by atoms with Crippen LogP contribution in [0.25, 0.3) is 0 Å². The largest absolute Gasteiger partial charge is 0.442 e. The molecule has 1 fully saturated rings. The van der Waals surface area contributed by atoms with Crippen molar-refractivity contribution in [3.05, 3.63) is 24.0 Å². The quantitative estimate of drug-likeness (QED) is 0.698. The van der Waals surface area contributed by atoms with Crippen LogP contribution in [0, 0.1) is 0 Å². The van der Waals surface area contributed by atoms with E-state index < -0.39 is 5.60 Å². The van der Waals surface area contributed by atoms with E-state index in [9.17, 15) is 4.79 Å². The van der Waals surface area contributed by atoms with Crippen molar-refractivity contribution >= 4 is 6.09 Å². The fourth-order valence-corrected chi connectivity index (χ4v) is 1.78. The van der Waals surface area contributed by atoms with Gasteiger partial charge < -0.3 is 4.74 Å². The van der Waals surface area contributed by atoms with Gasteiger partial charge in [0.05, 0.1) is 12.4 Å². The van der Waals surface area contributed by atoms with E-state index in [1.165, 1.54) is 0 Å². The molecule has 2 aliphatic rings. The molecule has 5 heteroatoms. The lowest BCUT2D eigenvalue weighted by Crippen LogP contribution is -2.55. The number of fused-ring (bicyclic) bond motifs is 1. The zero-order valence-electron chi connectivity index (χ0n) is 10.6. The van der Waals surface area contributed by atoms with Crippen LogP contribution in [0.3, 0.4) is 0 Å². The van der Waals surface area contributed by atoms with Crippen LogP contribution in [0.1, 0.15) is 27.2 Å². The molecule has 0 saturated carbocycles. The third-order valence-corrected chi connectivity index (χ3v) is 2.46. The van der Waals surface area contributed by atoms with Gasteiger partial charge in [0.2, 0.25) is 0 Å². The van der Waals surface area contributed by atoms with E-state index in [4.69, 9.17) is 4.74 Å². The van der Waals surface area contributed by atoms with Gasteiger partial charge in [-0.15, -0.1) is 0 Å². The van der Waals surface area contributed by atoms with Crippen molar-refractivity contribution in [1.29, 1.82) is 0 Å². The molecule has 0 unspecified atom stereocenters. The number of hydrogen-bond acceptors (Lipinski definition) is 4. The molecule has 0 aromatic heterocycles. The molecule has 94 valence electrons. The van der Waals surface area contributed by atoms with Crippen LogP contribution in [0.5, 0.6) is 0 Å². The molecular formula is C12H19N3O2. The molecule has 1 amide bonds. The first-order valence-electron chi connectivity index (χ1n) is 5.83. The Kier molecular flexibility index (Phi) is 3.11. The topological polar surface area (TPSA) is 44.8 Å². The van der Waals surface area contributed by atoms with E-state index >= 15 is 0 Å². The first-order chi connectivity index (χ1) is 7.97. The zero-order valence-corrected chi connectivity index (χ0v) is 10.6. The van der Waals surface area contributed by atoms with Gasteiger partial charge in [0, 0.05) is 12.7 Å². The molecule has 0 aromatic carbocycles. The van der Waals surface area contributed by atoms with Gasteiger partial charge in [0.15, 0.2) is 0 Å². The summed E-state index contributed by atoms with van der Waals surface area (Å²) in [7, 11) is 0. The molecule has 0 radical (unpaired) electrons. The summed E-state index contributed by atoms with van der Waals surface area (Å²) in [6.07, 6.45) is 6.62. The van der Waals surface area contributed by atoms with E-state index in [1.54, 1.807) is 5.01 Å². The van der Waals surface area contributed by atoms with E-state index in [0.717, 1.165) is 18.7 Å². The van der Waals surface area contributed by atoms with Crippen molar-refractivity contribution < 1.29 is 9.53 Å². The lowest BCUT2D eigenvalue weighted by Gasteiger charge is -2.41.